The summed E-state index contributed by atoms with van der Waals surface area (Å²) in [5.41, 5.74) is 3.04. The minimum absolute atomic E-state index is 0.150. The number of esters is 2. The minimum Gasteiger partial charge on any atom is -0.460 e. The van der Waals surface area contributed by atoms with E-state index in [4.69, 9.17) is 9.47 Å². The lowest BCUT2D eigenvalue weighted by molar-refractivity contribution is -0.173. The molecule has 0 saturated heterocycles. The van der Waals surface area contributed by atoms with E-state index in [-0.39, 0.29) is 13.2 Å². The third-order valence-corrected chi connectivity index (χ3v) is 5.51. The number of carbonyl (C=O) groups excluding carboxylic acids is 2. The van der Waals surface area contributed by atoms with E-state index in [9.17, 15) is 9.59 Å². The quantitative estimate of drug-likeness (QED) is 0.301. The first-order chi connectivity index (χ1) is 14.9. The molecule has 4 nitrogen and oxygen atoms in total. The molecule has 0 amide bonds. The Morgan fingerprint density at radius 2 is 1.00 bits per heavy atom. The predicted molar refractivity (Wildman–Crippen MR) is 123 cm³/mol. The number of hydrogen-bond donors (Lipinski definition) is 0. The van der Waals surface area contributed by atoms with Gasteiger partial charge >= 0.3 is 11.9 Å². The largest absolute Gasteiger partial charge is 0.460 e. The summed E-state index contributed by atoms with van der Waals surface area (Å²) in [6, 6.07) is 16.1. The van der Waals surface area contributed by atoms with Crippen molar-refractivity contribution in [1.29, 1.82) is 0 Å². The highest BCUT2D eigenvalue weighted by atomic mass is 16.6. The number of hydrogen-bond acceptors (Lipinski definition) is 4. The maximum Gasteiger partial charge on any atom is 0.323 e. The molecule has 2 aromatic carbocycles. The number of benzene rings is 2. The van der Waals surface area contributed by atoms with Gasteiger partial charge in [-0.2, -0.15) is 0 Å². The van der Waals surface area contributed by atoms with E-state index in [1.165, 1.54) is 11.1 Å². The van der Waals surface area contributed by atoms with Crippen LogP contribution in [0.5, 0.6) is 0 Å². The summed E-state index contributed by atoms with van der Waals surface area (Å²) in [4.78, 5) is 25.7. The van der Waals surface area contributed by atoms with Crippen molar-refractivity contribution in [2.45, 2.75) is 79.4 Å². The van der Waals surface area contributed by atoms with Crippen LogP contribution in [0.3, 0.4) is 0 Å². The number of aryl methyl sites for hydroxylation is 2. The highest BCUT2D eigenvalue weighted by molar-refractivity contribution is 5.99. The van der Waals surface area contributed by atoms with Gasteiger partial charge in [-0.1, -0.05) is 88.6 Å². The molecule has 2 rings (SSSR count). The Labute approximate surface area is 187 Å². The lowest BCUT2D eigenvalue weighted by Crippen LogP contribution is -2.39. The van der Waals surface area contributed by atoms with Crippen molar-refractivity contribution < 1.29 is 19.1 Å². The van der Waals surface area contributed by atoms with E-state index in [0.29, 0.717) is 12.8 Å². The van der Waals surface area contributed by atoms with Crippen molar-refractivity contribution in [3.63, 3.8) is 0 Å². The topological polar surface area (TPSA) is 52.6 Å². The molecule has 31 heavy (non-hydrogen) atoms. The maximum atomic E-state index is 12.8. The molecule has 2 aromatic rings. The molecule has 0 aliphatic rings. The van der Waals surface area contributed by atoms with Gasteiger partial charge in [0.25, 0.3) is 0 Å². The molecule has 0 saturated carbocycles. The first-order valence-corrected chi connectivity index (χ1v) is 11.4. The molecule has 0 unspecified atom stereocenters. The van der Waals surface area contributed by atoms with E-state index in [2.05, 4.69) is 38.1 Å². The van der Waals surface area contributed by atoms with Crippen LogP contribution in [0, 0.1) is 5.41 Å². The SMILES string of the molecule is CCCc1ccc(COC(=O)C(C)(CCC)C(=O)OCc2ccc(CCC)cc2)cc1. The first-order valence-electron chi connectivity index (χ1n) is 11.4. The van der Waals surface area contributed by atoms with Crippen LogP contribution in [-0.2, 0) is 45.1 Å². The van der Waals surface area contributed by atoms with Crippen LogP contribution in [0.1, 0.15) is 75.6 Å². The van der Waals surface area contributed by atoms with Crippen LogP contribution >= 0.6 is 0 Å². The van der Waals surface area contributed by atoms with Crippen LogP contribution < -0.4 is 0 Å². The zero-order valence-corrected chi connectivity index (χ0v) is 19.4. The van der Waals surface area contributed by atoms with Gasteiger partial charge in [-0.3, -0.25) is 9.59 Å². The summed E-state index contributed by atoms with van der Waals surface area (Å²) in [5.74, 6) is -1.06. The summed E-state index contributed by atoms with van der Waals surface area (Å²) in [6.07, 6.45) is 5.31. The lowest BCUT2D eigenvalue weighted by atomic mass is 9.85. The highest BCUT2D eigenvalue weighted by Gasteiger charge is 2.43. The summed E-state index contributed by atoms with van der Waals surface area (Å²) in [5, 5.41) is 0. The number of ether oxygens (including phenoxy) is 2. The Morgan fingerprint density at radius 3 is 1.32 bits per heavy atom. The van der Waals surface area contributed by atoms with Gasteiger partial charge in [-0.15, -0.1) is 0 Å². The van der Waals surface area contributed by atoms with Crippen LogP contribution in [0.25, 0.3) is 0 Å². The summed E-state index contributed by atoms with van der Waals surface area (Å²) in [7, 11) is 0. The third kappa shape index (κ3) is 7.23. The van der Waals surface area contributed by atoms with Gasteiger partial charge in [0.2, 0.25) is 0 Å². The van der Waals surface area contributed by atoms with E-state index in [1.54, 1.807) is 6.92 Å². The summed E-state index contributed by atoms with van der Waals surface area (Å²) < 4.78 is 11.0. The number of carbonyl (C=O) groups is 2. The minimum atomic E-state index is -1.31. The molecule has 0 aliphatic carbocycles. The van der Waals surface area contributed by atoms with Gasteiger partial charge < -0.3 is 9.47 Å². The molecule has 0 heterocycles. The van der Waals surface area contributed by atoms with Crippen molar-refractivity contribution in [2.75, 3.05) is 0 Å². The second-order valence-electron chi connectivity index (χ2n) is 8.37. The standard InChI is InChI=1S/C27H36O4/c1-5-8-21-10-14-23(15-11-21)19-30-25(28)27(4,18-7-3)26(29)31-20-24-16-12-22(9-6-2)13-17-24/h10-17H,5-9,18-20H2,1-4H3. The molecule has 0 spiro atoms. The Hall–Kier alpha value is -2.62. The molecular weight excluding hydrogens is 388 g/mol. The highest BCUT2D eigenvalue weighted by Crippen LogP contribution is 2.28. The van der Waals surface area contributed by atoms with Crippen LogP contribution in [0.15, 0.2) is 48.5 Å². The van der Waals surface area contributed by atoms with E-state index < -0.39 is 17.4 Å². The summed E-state index contributed by atoms with van der Waals surface area (Å²) in [6.45, 7) is 8.15. The van der Waals surface area contributed by atoms with E-state index in [0.717, 1.165) is 36.8 Å². The van der Waals surface area contributed by atoms with Crippen molar-refractivity contribution in [1.82, 2.24) is 0 Å². The zero-order chi connectivity index (χ0) is 22.7. The monoisotopic (exact) mass is 424 g/mol. The van der Waals surface area contributed by atoms with Gasteiger partial charge in [0.1, 0.15) is 13.2 Å². The van der Waals surface area contributed by atoms with Gasteiger partial charge in [0, 0.05) is 0 Å². The van der Waals surface area contributed by atoms with Gasteiger partial charge in [-0.05, 0) is 48.4 Å². The Kier molecular flexibility index (Phi) is 9.77. The third-order valence-electron chi connectivity index (χ3n) is 5.51. The van der Waals surface area contributed by atoms with Crippen molar-refractivity contribution in [2.24, 2.45) is 5.41 Å². The zero-order valence-electron chi connectivity index (χ0n) is 19.4. The van der Waals surface area contributed by atoms with Crippen molar-refractivity contribution in [3.05, 3.63) is 70.8 Å². The van der Waals surface area contributed by atoms with E-state index >= 15 is 0 Å². The van der Waals surface area contributed by atoms with E-state index in [1.807, 2.05) is 31.2 Å². The van der Waals surface area contributed by atoms with Crippen LogP contribution in [0.4, 0.5) is 0 Å². The van der Waals surface area contributed by atoms with Gasteiger partial charge in [0.05, 0.1) is 0 Å². The molecule has 0 aliphatic heterocycles. The summed E-state index contributed by atoms with van der Waals surface area (Å²) >= 11 is 0. The fourth-order valence-corrected chi connectivity index (χ4v) is 3.59. The molecule has 0 aromatic heterocycles. The Bertz CT molecular complexity index is 756. The average Bonchev–Trinajstić information content (AvgIpc) is 2.78. The van der Waals surface area contributed by atoms with Crippen molar-refractivity contribution in [3.8, 4) is 0 Å². The Balaban J connectivity index is 1.96. The average molecular weight is 425 g/mol. The second-order valence-corrected chi connectivity index (χ2v) is 8.37. The molecule has 0 fully saturated rings. The first kappa shape index (κ1) is 24.6. The molecule has 168 valence electrons. The fourth-order valence-electron chi connectivity index (χ4n) is 3.59. The normalized spacial score (nSPS) is 11.2. The molecule has 0 bridgehead atoms. The Morgan fingerprint density at radius 1 is 0.645 bits per heavy atom. The predicted octanol–water partition coefficient (Wildman–Crippen LogP) is 6.18. The molecule has 4 heteroatoms. The number of rotatable bonds is 12. The molecule has 0 N–H and O–H groups in total. The van der Waals surface area contributed by atoms with Gasteiger partial charge in [0.15, 0.2) is 5.41 Å². The fraction of sp³-hybridized carbons (Fsp3) is 0.481. The van der Waals surface area contributed by atoms with Gasteiger partial charge in [-0.25, -0.2) is 0 Å². The lowest BCUT2D eigenvalue weighted by Gasteiger charge is -2.25. The maximum absolute atomic E-state index is 12.8. The van der Waals surface area contributed by atoms with Crippen LogP contribution in [0.2, 0.25) is 0 Å². The molecule has 0 atom stereocenters. The molecular formula is C27H36O4. The molecule has 0 radical (unpaired) electrons. The second kappa shape index (κ2) is 12.3. The van der Waals surface area contributed by atoms with Crippen molar-refractivity contribution >= 4 is 11.9 Å². The van der Waals surface area contributed by atoms with Crippen LogP contribution in [-0.4, -0.2) is 11.9 Å². The smallest absolute Gasteiger partial charge is 0.323 e.